The van der Waals surface area contributed by atoms with E-state index in [0.29, 0.717) is 6.54 Å². The van der Waals surface area contributed by atoms with E-state index in [9.17, 15) is 9.59 Å². The molecule has 2 aliphatic heterocycles. The smallest absolute Gasteiger partial charge is 0.226 e. The molecule has 186 valence electrons. The molecule has 1 fully saturated rings. The second-order valence-corrected chi connectivity index (χ2v) is 9.72. The van der Waals surface area contributed by atoms with E-state index in [1.807, 2.05) is 35.2 Å². The largest absolute Gasteiger partial charge is 0.369 e. The van der Waals surface area contributed by atoms with Crippen LogP contribution < -0.4 is 10.2 Å². The second-order valence-electron chi connectivity index (χ2n) is 9.72. The Labute approximate surface area is 213 Å². The number of hydrogen-bond donors (Lipinski definition) is 1. The first-order valence-corrected chi connectivity index (χ1v) is 12.8. The van der Waals surface area contributed by atoms with Crippen molar-refractivity contribution in [1.82, 2.24) is 9.80 Å². The number of amides is 2. The van der Waals surface area contributed by atoms with Crippen LogP contribution in [0.3, 0.4) is 0 Å². The van der Waals surface area contributed by atoms with Crippen molar-refractivity contribution in [3.8, 4) is 0 Å². The number of nitrogens with zero attached hydrogens (tertiary/aromatic N) is 3. The lowest BCUT2D eigenvalue weighted by Gasteiger charge is -2.36. The van der Waals surface area contributed by atoms with Crippen LogP contribution in [0.2, 0.25) is 0 Å². The third-order valence-corrected chi connectivity index (χ3v) is 7.33. The van der Waals surface area contributed by atoms with Gasteiger partial charge >= 0.3 is 0 Å². The highest BCUT2D eigenvalue weighted by Crippen LogP contribution is 2.32. The predicted molar refractivity (Wildman–Crippen MR) is 144 cm³/mol. The molecule has 36 heavy (non-hydrogen) atoms. The van der Waals surface area contributed by atoms with Crippen molar-refractivity contribution in [2.45, 2.75) is 32.4 Å². The van der Waals surface area contributed by atoms with Gasteiger partial charge in [0.1, 0.15) is 0 Å². The summed E-state index contributed by atoms with van der Waals surface area (Å²) in [7, 11) is 0. The van der Waals surface area contributed by atoms with E-state index in [-0.39, 0.29) is 24.3 Å². The van der Waals surface area contributed by atoms with Gasteiger partial charge in [-0.25, -0.2) is 0 Å². The van der Waals surface area contributed by atoms with E-state index in [0.717, 1.165) is 50.4 Å². The third-order valence-electron chi connectivity index (χ3n) is 7.33. The average molecular weight is 483 g/mol. The highest BCUT2D eigenvalue weighted by atomic mass is 16.2. The molecule has 0 aromatic heterocycles. The van der Waals surface area contributed by atoms with E-state index >= 15 is 0 Å². The topological polar surface area (TPSA) is 55.9 Å². The van der Waals surface area contributed by atoms with Crippen molar-refractivity contribution in [3.05, 3.63) is 95.6 Å². The van der Waals surface area contributed by atoms with Gasteiger partial charge in [0.05, 0.1) is 12.5 Å². The maximum Gasteiger partial charge on any atom is 0.226 e. The Kier molecular flexibility index (Phi) is 7.33. The molecule has 3 aromatic carbocycles. The fourth-order valence-corrected chi connectivity index (χ4v) is 5.40. The lowest BCUT2D eigenvalue weighted by Crippen LogP contribution is -2.45. The Balaban J connectivity index is 1.16. The summed E-state index contributed by atoms with van der Waals surface area (Å²) in [6.45, 7) is 7.26. The molecule has 1 N–H and O–H groups in total. The zero-order chi connectivity index (χ0) is 24.9. The van der Waals surface area contributed by atoms with Gasteiger partial charge in [0, 0.05) is 57.6 Å². The first-order chi connectivity index (χ1) is 17.6. The molecule has 0 radical (unpaired) electrons. The van der Waals surface area contributed by atoms with Gasteiger partial charge in [0.2, 0.25) is 11.8 Å². The van der Waals surface area contributed by atoms with Crippen LogP contribution in [-0.4, -0.2) is 54.3 Å². The van der Waals surface area contributed by atoms with E-state index in [4.69, 9.17) is 0 Å². The molecular weight excluding hydrogens is 448 g/mol. The molecule has 1 atom stereocenters. The van der Waals surface area contributed by atoms with Gasteiger partial charge in [-0.2, -0.15) is 0 Å². The Hall–Kier alpha value is -3.64. The number of anilines is 2. The van der Waals surface area contributed by atoms with Gasteiger partial charge in [0.15, 0.2) is 0 Å². The Morgan fingerprint density at radius 3 is 2.25 bits per heavy atom. The van der Waals surface area contributed by atoms with Gasteiger partial charge in [-0.3, -0.25) is 14.5 Å². The van der Waals surface area contributed by atoms with Crippen molar-refractivity contribution < 1.29 is 9.59 Å². The highest BCUT2D eigenvalue weighted by molar-refractivity contribution is 5.92. The minimum absolute atomic E-state index is 0.00974. The Bertz CT molecular complexity index is 1190. The maximum atomic E-state index is 13.0. The Morgan fingerprint density at radius 1 is 0.833 bits per heavy atom. The van der Waals surface area contributed by atoms with Gasteiger partial charge in [-0.1, -0.05) is 54.6 Å². The number of piperazine rings is 1. The minimum Gasteiger partial charge on any atom is -0.369 e. The summed E-state index contributed by atoms with van der Waals surface area (Å²) in [4.78, 5) is 31.9. The van der Waals surface area contributed by atoms with Crippen LogP contribution in [0.1, 0.15) is 36.1 Å². The number of hydrogen-bond acceptors (Lipinski definition) is 4. The second kappa shape index (κ2) is 11.0. The monoisotopic (exact) mass is 482 g/mol. The number of benzene rings is 3. The summed E-state index contributed by atoms with van der Waals surface area (Å²) in [5.41, 5.74) is 5.62. The normalized spacial score (nSPS) is 18.0. The first kappa shape index (κ1) is 24.1. The van der Waals surface area contributed by atoms with Crippen LogP contribution in [0, 0.1) is 0 Å². The molecule has 2 heterocycles. The summed E-state index contributed by atoms with van der Waals surface area (Å²) in [6, 6.07) is 26.6. The molecule has 0 bridgehead atoms. The lowest BCUT2D eigenvalue weighted by atomic mass is 9.90. The zero-order valence-electron chi connectivity index (χ0n) is 20.9. The van der Waals surface area contributed by atoms with Crippen molar-refractivity contribution in [3.63, 3.8) is 0 Å². The SMILES string of the molecule is CC(=O)N1CCc2ccccc2C1CC(=O)Nc1ccc(N2CCN(Cc3ccccc3)CC2)cc1. The number of carbonyl (C=O) groups is 2. The van der Waals surface area contributed by atoms with Crippen molar-refractivity contribution >= 4 is 23.2 Å². The van der Waals surface area contributed by atoms with E-state index in [1.54, 1.807) is 6.92 Å². The molecule has 6 nitrogen and oxygen atoms in total. The fraction of sp³-hybridized carbons (Fsp3) is 0.333. The molecular formula is C30H34N4O2. The van der Waals surface area contributed by atoms with Crippen LogP contribution >= 0.6 is 0 Å². The van der Waals surface area contributed by atoms with Crippen molar-refractivity contribution in [2.75, 3.05) is 42.9 Å². The molecule has 0 saturated carbocycles. The summed E-state index contributed by atoms with van der Waals surface area (Å²) in [5, 5.41) is 3.04. The average Bonchev–Trinajstić information content (AvgIpc) is 2.90. The molecule has 5 rings (SSSR count). The molecule has 0 spiro atoms. The number of nitrogens with one attached hydrogen (secondary N) is 1. The Morgan fingerprint density at radius 2 is 1.53 bits per heavy atom. The van der Waals surface area contributed by atoms with Crippen LogP contribution in [0.25, 0.3) is 0 Å². The first-order valence-electron chi connectivity index (χ1n) is 12.8. The summed E-state index contributed by atoms with van der Waals surface area (Å²) in [5.74, 6) is -0.0687. The zero-order valence-corrected chi connectivity index (χ0v) is 20.9. The quantitative estimate of drug-likeness (QED) is 0.563. The van der Waals surface area contributed by atoms with Crippen LogP contribution in [-0.2, 0) is 22.6 Å². The van der Waals surface area contributed by atoms with E-state index in [2.05, 4.69) is 63.6 Å². The maximum absolute atomic E-state index is 13.0. The number of rotatable bonds is 6. The van der Waals surface area contributed by atoms with Crippen LogP contribution in [0.4, 0.5) is 11.4 Å². The fourth-order valence-electron chi connectivity index (χ4n) is 5.40. The number of carbonyl (C=O) groups excluding carboxylic acids is 2. The molecule has 2 aliphatic rings. The van der Waals surface area contributed by atoms with Gasteiger partial charge < -0.3 is 15.1 Å². The molecule has 6 heteroatoms. The van der Waals surface area contributed by atoms with Crippen molar-refractivity contribution in [1.29, 1.82) is 0 Å². The third kappa shape index (κ3) is 5.60. The summed E-state index contributed by atoms with van der Waals surface area (Å²) < 4.78 is 0. The molecule has 0 aliphatic carbocycles. The predicted octanol–water partition coefficient (Wildman–Crippen LogP) is 4.48. The van der Waals surface area contributed by atoms with Gasteiger partial charge in [-0.05, 0) is 47.4 Å². The van der Waals surface area contributed by atoms with E-state index < -0.39 is 0 Å². The summed E-state index contributed by atoms with van der Waals surface area (Å²) >= 11 is 0. The van der Waals surface area contributed by atoms with Crippen LogP contribution in [0.5, 0.6) is 0 Å². The number of fused-ring (bicyclic) bond motifs is 1. The van der Waals surface area contributed by atoms with Gasteiger partial charge in [0.25, 0.3) is 0 Å². The molecule has 1 saturated heterocycles. The van der Waals surface area contributed by atoms with Gasteiger partial charge in [-0.15, -0.1) is 0 Å². The van der Waals surface area contributed by atoms with Crippen LogP contribution in [0.15, 0.2) is 78.9 Å². The lowest BCUT2D eigenvalue weighted by molar-refractivity contribution is -0.132. The molecule has 3 aromatic rings. The summed E-state index contributed by atoms with van der Waals surface area (Å²) in [6.07, 6.45) is 1.08. The van der Waals surface area contributed by atoms with Crippen molar-refractivity contribution in [2.24, 2.45) is 0 Å². The highest BCUT2D eigenvalue weighted by Gasteiger charge is 2.30. The minimum atomic E-state index is -0.223. The molecule has 2 amide bonds. The standard InChI is InChI=1S/C30H34N4O2/c1-23(35)34-16-15-25-9-5-6-10-28(25)29(34)21-30(36)31-26-11-13-27(14-12-26)33-19-17-32(18-20-33)22-24-7-3-2-4-8-24/h2-14,29H,15-22H2,1H3,(H,31,36). The molecule has 1 unspecified atom stereocenters. The van der Waals surface area contributed by atoms with E-state index in [1.165, 1.54) is 16.8 Å².